The van der Waals surface area contributed by atoms with E-state index < -0.39 is 21.5 Å². The van der Waals surface area contributed by atoms with Crippen LogP contribution < -0.4 is 5.73 Å². The molecular weight excluding hydrogens is 466 g/mol. The van der Waals surface area contributed by atoms with E-state index in [1.807, 2.05) is 30.3 Å². The third kappa shape index (κ3) is 4.03. The zero-order valence-electron chi connectivity index (χ0n) is 18.8. The molecule has 2 aromatic heterocycles. The van der Waals surface area contributed by atoms with E-state index in [-0.39, 0.29) is 19.5 Å². The summed E-state index contributed by atoms with van der Waals surface area (Å²) in [7, 11) is -3.37. The van der Waals surface area contributed by atoms with E-state index in [1.165, 1.54) is 9.10 Å². The molecule has 11 heteroatoms. The lowest BCUT2D eigenvalue weighted by molar-refractivity contribution is 0.0579. The average Bonchev–Trinajstić information content (AvgIpc) is 3.30. The number of nitrogens with zero attached hydrogens (tertiary/aromatic N) is 6. The van der Waals surface area contributed by atoms with Crippen molar-refractivity contribution in [3.63, 3.8) is 0 Å². The van der Waals surface area contributed by atoms with Crippen molar-refractivity contribution in [2.24, 2.45) is 5.73 Å². The van der Waals surface area contributed by atoms with Gasteiger partial charge in [-0.05, 0) is 41.5 Å². The lowest BCUT2D eigenvalue weighted by Crippen LogP contribution is -2.64. The lowest BCUT2D eigenvalue weighted by atomic mass is 9.90. The van der Waals surface area contributed by atoms with Gasteiger partial charge in [-0.25, -0.2) is 8.42 Å². The quantitative estimate of drug-likeness (QED) is 0.438. The first-order valence-electron chi connectivity index (χ1n) is 10.7. The highest BCUT2D eigenvalue weighted by molar-refractivity contribution is 7.88. The van der Waals surface area contributed by atoms with Crippen molar-refractivity contribution in [3.8, 4) is 28.5 Å². The maximum Gasteiger partial charge on any atom is 0.248 e. The van der Waals surface area contributed by atoms with E-state index in [1.54, 1.807) is 30.6 Å². The molecule has 1 aliphatic rings. The lowest BCUT2D eigenvalue weighted by Gasteiger charge is -2.46. The van der Waals surface area contributed by atoms with Crippen LogP contribution in [0.2, 0.25) is 0 Å². The topological polar surface area (TPSA) is 148 Å². The Kier molecular flexibility index (Phi) is 5.35. The maximum absolute atomic E-state index is 11.9. The minimum absolute atomic E-state index is 0.0788. The smallest absolute Gasteiger partial charge is 0.248 e. The van der Waals surface area contributed by atoms with E-state index in [0.29, 0.717) is 11.3 Å². The van der Waals surface area contributed by atoms with E-state index in [9.17, 15) is 18.5 Å². The van der Waals surface area contributed by atoms with Crippen LogP contribution in [0, 0.1) is 11.3 Å². The summed E-state index contributed by atoms with van der Waals surface area (Å²) in [5.74, 6) is -0.514. The number of sulfonamides is 1. The first-order chi connectivity index (χ1) is 16.7. The standard InChI is InChI=1S/C24H21N7O3S/c1-35(33,34)30-14-24(15-30,7-8-25)31-28-13-22(29-31)20-11-18(12-21-19(20)6-3-9-27-21)16-4-2-5-17(10-16)23(26)32/h2-6,9-13H,7,14-15H2,1H3,(H2,26,32). The molecule has 3 heterocycles. The number of rotatable bonds is 6. The van der Waals surface area contributed by atoms with Gasteiger partial charge in [0.05, 0.1) is 30.5 Å². The number of amides is 1. The number of hydrogen-bond donors (Lipinski definition) is 1. The third-order valence-electron chi connectivity index (χ3n) is 6.21. The number of aromatic nitrogens is 4. The van der Waals surface area contributed by atoms with Gasteiger partial charge in [-0.15, -0.1) is 0 Å². The molecule has 5 rings (SSSR count). The molecule has 0 atom stereocenters. The third-order valence-corrected chi connectivity index (χ3v) is 7.41. The fraction of sp³-hybridized carbons (Fsp3) is 0.208. The number of pyridine rings is 1. The second kappa shape index (κ2) is 8.26. The number of nitrogens with two attached hydrogens (primary N) is 1. The Hall–Kier alpha value is -4.14. The van der Waals surface area contributed by atoms with Crippen LogP contribution >= 0.6 is 0 Å². The van der Waals surface area contributed by atoms with Crippen LogP contribution in [0.4, 0.5) is 0 Å². The van der Waals surface area contributed by atoms with Crippen molar-refractivity contribution in [2.75, 3.05) is 19.3 Å². The molecule has 0 spiro atoms. The second-order valence-electron chi connectivity index (χ2n) is 8.65. The molecular formula is C24H21N7O3S. The van der Waals surface area contributed by atoms with Crippen molar-refractivity contribution < 1.29 is 13.2 Å². The Morgan fingerprint density at radius 1 is 1.17 bits per heavy atom. The van der Waals surface area contributed by atoms with Crippen LogP contribution in [0.25, 0.3) is 33.3 Å². The van der Waals surface area contributed by atoms with Crippen molar-refractivity contribution >= 4 is 26.8 Å². The monoisotopic (exact) mass is 487 g/mol. The van der Waals surface area contributed by atoms with Crippen LogP contribution in [-0.2, 0) is 15.6 Å². The first-order valence-corrected chi connectivity index (χ1v) is 12.6. The number of fused-ring (bicyclic) bond motifs is 1. The molecule has 0 bridgehead atoms. The summed E-state index contributed by atoms with van der Waals surface area (Å²) in [4.78, 5) is 17.6. The van der Waals surface area contributed by atoms with Crippen LogP contribution in [0.15, 0.2) is 60.9 Å². The van der Waals surface area contributed by atoms with Crippen LogP contribution in [0.5, 0.6) is 0 Å². The molecule has 2 N–H and O–H groups in total. The molecule has 1 amide bonds. The molecule has 2 aromatic carbocycles. The van der Waals surface area contributed by atoms with Crippen LogP contribution in [0.1, 0.15) is 16.8 Å². The molecule has 1 aliphatic heterocycles. The van der Waals surface area contributed by atoms with E-state index >= 15 is 0 Å². The Labute approximate surface area is 201 Å². The van der Waals surface area contributed by atoms with Crippen LogP contribution in [0.3, 0.4) is 0 Å². The van der Waals surface area contributed by atoms with Gasteiger partial charge in [-0.2, -0.15) is 24.6 Å². The van der Waals surface area contributed by atoms with Gasteiger partial charge in [-0.3, -0.25) is 9.78 Å². The van der Waals surface area contributed by atoms with Gasteiger partial charge in [0.2, 0.25) is 15.9 Å². The van der Waals surface area contributed by atoms with E-state index in [4.69, 9.17) is 5.73 Å². The predicted molar refractivity (Wildman–Crippen MR) is 129 cm³/mol. The van der Waals surface area contributed by atoms with Gasteiger partial charge in [0.25, 0.3) is 0 Å². The summed E-state index contributed by atoms with van der Waals surface area (Å²) in [6.45, 7) is 0.269. The minimum Gasteiger partial charge on any atom is -0.366 e. The van der Waals surface area contributed by atoms with Gasteiger partial charge in [0, 0.05) is 35.8 Å². The van der Waals surface area contributed by atoms with Crippen LogP contribution in [-0.4, -0.2) is 58.0 Å². The first kappa shape index (κ1) is 22.6. The van der Waals surface area contributed by atoms with E-state index in [2.05, 4.69) is 21.3 Å². The normalized spacial score (nSPS) is 15.4. The van der Waals surface area contributed by atoms with Crippen molar-refractivity contribution in [2.45, 2.75) is 12.0 Å². The summed E-state index contributed by atoms with van der Waals surface area (Å²) in [6.07, 6.45) is 4.52. The highest BCUT2D eigenvalue weighted by atomic mass is 32.2. The van der Waals surface area contributed by atoms with E-state index in [0.717, 1.165) is 33.8 Å². The van der Waals surface area contributed by atoms with Crippen molar-refractivity contribution in [1.82, 2.24) is 24.3 Å². The Bertz CT molecular complexity index is 1620. The van der Waals surface area contributed by atoms with Gasteiger partial charge in [-0.1, -0.05) is 18.2 Å². The molecule has 4 aromatic rings. The summed E-state index contributed by atoms with van der Waals surface area (Å²) in [5, 5.41) is 19.3. The molecule has 1 fully saturated rings. The number of nitriles is 1. The number of primary amides is 1. The number of hydrogen-bond acceptors (Lipinski definition) is 7. The molecule has 1 saturated heterocycles. The molecule has 35 heavy (non-hydrogen) atoms. The fourth-order valence-electron chi connectivity index (χ4n) is 4.33. The fourth-order valence-corrected chi connectivity index (χ4v) is 5.28. The molecule has 0 unspecified atom stereocenters. The highest BCUT2D eigenvalue weighted by Crippen LogP contribution is 2.36. The Morgan fingerprint density at radius 3 is 2.69 bits per heavy atom. The number of carbonyl (C=O) groups excluding carboxylic acids is 1. The minimum atomic E-state index is -3.37. The molecule has 10 nitrogen and oxygen atoms in total. The number of benzene rings is 2. The molecule has 176 valence electrons. The Balaban J connectivity index is 1.60. The van der Waals surface area contributed by atoms with Gasteiger partial charge < -0.3 is 5.73 Å². The zero-order valence-corrected chi connectivity index (χ0v) is 19.6. The summed E-state index contributed by atoms with van der Waals surface area (Å²) >= 11 is 0. The van der Waals surface area contributed by atoms with Crippen molar-refractivity contribution in [1.29, 1.82) is 5.26 Å². The SMILES string of the molecule is CS(=O)(=O)N1CC(CC#N)(n2ncc(-c3cc(-c4cccc(C(N)=O)c4)cc4ncccc34)n2)C1. The molecule has 0 radical (unpaired) electrons. The molecule has 0 aliphatic carbocycles. The highest BCUT2D eigenvalue weighted by Gasteiger charge is 2.50. The summed E-state index contributed by atoms with van der Waals surface area (Å²) in [5.41, 5.74) is 8.72. The molecule has 0 saturated carbocycles. The van der Waals surface area contributed by atoms with Gasteiger partial charge >= 0.3 is 0 Å². The second-order valence-corrected chi connectivity index (χ2v) is 10.6. The summed E-state index contributed by atoms with van der Waals surface area (Å²) < 4.78 is 25.1. The summed E-state index contributed by atoms with van der Waals surface area (Å²) in [6, 6.07) is 16.8. The Morgan fingerprint density at radius 2 is 1.97 bits per heavy atom. The largest absolute Gasteiger partial charge is 0.366 e. The van der Waals surface area contributed by atoms with Gasteiger partial charge in [0.1, 0.15) is 11.2 Å². The maximum atomic E-state index is 11.9. The number of carbonyl (C=O) groups is 1. The van der Waals surface area contributed by atoms with Crippen molar-refractivity contribution in [3.05, 3.63) is 66.5 Å². The predicted octanol–water partition coefficient (Wildman–Crippen LogP) is 2.14. The average molecular weight is 488 g/mol. The zero-order chi connectivity index (χ0) is 24.8. The van der Waals surface area contributed by atoms with Gasteiger partial charge in [0.15, 0.2) is 0 Å².